The van der Waals surface area contributed by atoms with Gasteiger partial charge >= 0.3 is 0 Å². The lowest BCUT2D eigenvalue weighted by Crippen LogP contribution is -2.44. The first-order valence-corrected chi connectivity index (χ1v) is 6.59. The zero-order valence-electron chi connectivity index (χ0n) is 10.2. The third-order valence-corrected chi connectivity index (χ3v) is 3.53. The van der Waals surface area contributed by atoms with Gasteiger partial charge in [-0.2, -0.15) is 0 Å². The summed E-state index contributed by atoms with van der Waals surface area (Å²) in [6.07, 6.45) is 3.22. The summed E-state index contributed by atoms with van der Waals surface area (Å²) in [5, 5.41) is 5.41. The lowest BCUT2D eigenvalue weighted by molar-refractivity contribution is -0.123. The number of carbonyl (C=O) groups is 2. The number of unbranched alkanes of at least 4 members (excludes halogenated alkanes) is 1. The average Bonchev–Trinajstić information content (AvgIpc) is 2.86. The molecule has 1 aromatic heterocycles. The largest absolute Gasteiger partial charge is 0.347 e. The van der Waals surface area contributed by atoms with Crippen LogP contribution in [0.25, 0.3) is 0 Å². The van der Waals surface area contributed by atoms with Crippen molar-refractivity contribution in [3.05, 3.63) is 17.5 Å². The van der Waals surface area contributed by atoms with Crippen LogP contribution in [0.3, 0.4) is 0 Å². The SMILES string of the molecule is CCCCC(NC=O)C(=O)N(C)c1cccs1. The Morgan fingerprint density at radius 2 is 2.41 bits per heavy atom. The Hall–Kier alpha value is -1.36. The van der Waals surface area contributed by atoms with E-state index in [9.17, 15) is 9.59 Å². The lowest BCUT2D eigenvalue weighted by Gasteiger charge is -2.22. The first-order valence-electron chi connectivity index (χ1n) is 5.71. The molecule has 1 aromatic rings. The molecule has 94 valence electrons. The predicted molar refractivity (Wildman–Crippen MR) is 70.2 cm³/mol. The van der Waals surface area contributed by atoms with Gasteiger partial charge in [0.15, 0.2) is 0 Å². The van der Waals surface area contributed by atoms with Gasteiger partial charge in [-0.25, -0.2) is 0 Å². The summed E-state index contributed by atoms with van der Waals surface area (Å²) in [6, 6.07) is 3.37. The highest BCUT2D eigenvalue weighted by molar-refractivity contribution is 7.14. The minimum absolute atomic E-state index is 0.0620. The quantitative estimate of drug-likeness (QED) is 0.757. The maximum atomic E-state index is 12.1. The molecule has 0 aliphatic rings. The molecule has 1 N–H and O–H groups in total. The fraction of sp³-hybridized carbons (Fsp3) is 0.500. The second kappa shape index (κ2) is 7.06. The summed E-state index contributed by atoms with van der Waals surface area (Å²) in [7, 11) is 1.74. The summed E-state index contributed by atoms with van der Waals surface area (Å²) >= 11 is 1.51. The van der Waals surface area contributed by atoms with Gasteiger partial charge in [0.25, 0.3) is 0 Å². The maximum absolute atomic E-state index is 12.1. The first-order chi connectivity index (χ1) is 8.20. The van der Waals surface area contributed by atoms with Gasteiger partial charge in [-0.3, -0.25) is 9.59 Å². The Labute approximate surface area is 106 Å². The number of likely N-dealkylation sites (N-methyl/N-ethyl adjacent to an activating group) is 1. The molecule has 0 saturated heterocycles. The monoisotopic (exact) mass is 254 g/mol. The van der Waals surface area contributed by atoms with Crippen molar-refractivity contribution in [1.29, 1.82) is 0 Å². The number of carbonyl (C=O) groups excluding carboxylic acids is 2. The van der Waals surface area contributed by atoms with Gasteiger partial charge in [-0.05, 0) is 23.9 Å². The number of nitrogens with zero attached hydrogens (tertiary/aromatic N) is 1. The second-order valence-electron chi connectivity index (χ2n) is 3.83. The Balaban J connectivity index is 2.66. The highest BCUT2D eigenvalue weighted by atomic mass is 32.1. The number of nitrogens with one attached hydrogen (secondary N) is 1. The van der Waals surface area contributed by atoms with E-state index in [0.29, 0.717) is 12.8 Å². The molecule has 1 atom stereocenters. The third kappa shape index (κ3) is 3.85. The summed E-state index contributed by atoms with van der Waals surface area (Å²) in [5.74, 6) is -0.0620. The molecule has 0 bridgehead atoms. The minimum Gasteiger partial charge on any atom is -0.347 e. The van der Waals surface area contributed by atoms with Crippen LogP contribution < -0.4 is 10.2 Å². The number of anilines is 1. The van der Waals surface area contributed by atoms with Crippen molar-refractivity contribution in [3.63, 3.8) is 0 Å². The number of rotatable bonds is 7. The second-order valence-corrected chi connectivity index (χ2v) is 4.75. The van der Waals surface area contributed by atoms with Crippen molar-refractivity contribution >= 4 is 28.7 Å². The van der Waals surface area contributed by atoms with Gasteiger partial charge in [0.1, 0.15) is 6.04 Å². The molecule has 0 aromatic carbocycles. The van der Waals surface area contributed by atoms with Crippen LogP contribution in [0.2, 0.25) is 0 Å². The number of thiophene rings is 1. The van der Waals surface area contributed by atoms with E-state index < -0.39 is 6.04 Å². The molecular formula is C12H18N2O2S. The number of hydrogen-bond donors (Lipinski definition) is 1. The summed E-state index contributed by atoms with van der Waals surface area (Å²) in [6.45, 7) is 2.06. The summed E-state index contributed by atoms with van der Waals surface area (Å²) in [4.78, 5) is 24.3. The van der Waals surface area contributed by atoms with Crippen LogP contribution in [0, 0.1) is 0 Å². The molecule has 4 nitrogen and oxygen atoms in total. The standard InChI is InChI=1S/C12H18N2O2S/c1-3-4-6-10(13-9-15)12(16)14(2)11-7-5-8-17-11/h5,7-10H,3-4,6H2,1-2H3,(H,13,15). The molecule has 5 heteroatoms. The van der Waals surface area contributed by atoms with Gasteiger partial charge in [0.2, 0.25) is 12.3 Å². The predicted octanol–water partition coefficient (Wildman–Crippen LogP) is 2.02. The molecule has 2 amide bonds. The van der Waals surface area contributed by atoms with Gasteiger partial charge in [0, 0.05) is 7.05 Å². The maximum Gasteiger partial charge on any atom is 0.249 e. The van der Waals surface area contributed by atoms with Crippen LogP contribution in [0.15, 0.2) is 17.5 Å². The van der Waals surface area contributed by atoms with Crippen LogP contribution in [0.4, 0.5) is 5.00 Å². The average molecular weight is 254 g/mol. The molecule has 1 heterocycles. The van der Waals surface area contributed by atoms with Crippen LogP contribution in [0.5, 0.6) is 0 Å². The normalized spacial score (nSPS) is 11.9. The molecule has 0 aliphatic heterocycles. The van der Waals surface area contributed by atoms with Crippen molar-refractivity contribution in [2.75, 3.05) is 11.9 Å². The van der Waals surface area contributed by atoms with Gasteiger partial charge < -0.3 is 10.2 Å². The van der Waals surface area contributed by atoms with E-state index in [1.165, 1.54) is 11.3 Å². The van der Waals surface area contributed by atoms with Gasteiger partial charge in [-0.15, -0.1) is 11.3 Å². The Morgan fingerprint density at radius 1 is 1.65 bits per heavy atom. The van der Waals surface area contributed by atoms with Crippen LogP contribution in [-0.4, -0.2) is 25.4 Å². The van der Waals surface area contributed by atoms with E-state index in [0.717, 1.165) is 17.8 Å². The van der Waals surface area contributed by atoms with Crippen molar-refractivity contribution in [3.8, 4) is 0 Å². The summed E-state index contributed by atoms with van der Waals surface area (Å²) in [5.41, 5.74) is 0. The fourth-order valence-corrected chi connectivity index (χ4v) is 2.27. The van der Waals surface area contributed by atoms with E-state index in [1.807, 2.05) is 17.5 Å². The molecule has 17 heavy (non-hydrogen) atoms. The summed E-state index contributed by atoms with van der Waals surface area (Å²) < 4.78 is 0. The topological polar surface area (TPSA) is 49.4 Å². The van der Waals surface area contributed by atoms with Crippen LogP contribution in [0.1, 0.15) is 26.2 Å². The van der Waals surface area contributed by atoms with E-state index in [4.69, 9.17) is 0 Å². The molecule has 0 spiro atoms. The van der Waals surface area contributed by atoms with E-state index >= 15 is 0 Å². The first kappa shape index (κ1) is 13.7. The van der Waals surface area contributed by atoms with Crippen molar-refractivity contribution in [2.24, 2.45) is 0 Å². The van der Waals surface area contributed by atoms with Gasteiger partial charge in [-0.1, -0.05) is 19.8 Å². The molecule has 0 saturated carbocycles. The zero-order valence-corrected chi connectivity index (χ0v) is 11.0. The zero-order chi connectivity index (χ0) is 12.7. The molecule has 1 unspecified atom stereocenters. The van der Waals surface area contributed by atoms with Crippen molar-refractivity contribution < 1.29 is 9.59 Å². The highest BCUT2D eigenvalue weighted by Gasteiger charge is 2.22. The molecule has 0 radical (unpaired) electrons. The fourth-order valence-electron chi connectivity index (χ4n) is 1.57. The van der Waals surface area contributed by atoms with E-state index in [2.05, 4.69) is 12.2 Å². The molecular weight excluding hydrogens is 236 g/mol. The highest BCUT2D eigenvalue weighted by Crippen LogP contribution is 2.20. The van der Waals surface area contributed by atoms with E-state index in [-0.39, 0.29) is 5.91 Å². The lowest BCUT2D eigenvalue weighted by atomic mass is 10.1. The van der Waals surface area contributed by atoms with E-state index in [1.54, 1.807) is 11.9 Å². The number of hydrogen-bond acceptors (Lipinski definition) is 3. The number of amides is 2. The van der Waals surface area contributed by atoms with Crippen LogP contribution in [-0.2, 0) is 9.59 Å². The smallest absolute Gasteiger partial charge is 0.249 e. The van der Waals surface area contributed by atoms with Crippen molar-refractivity contribution in [1.82, 2.24) is 5.32 Å². The Morgan fingerprint density at radius 3 is 2.94 bits per heavy atom. The Kier molecular flexibility index (Phi) is 5.69. The molecule has 1 rings (SSSR count). The molecule has 0 aliphatic carbocycles. The van der Waals surface area contributed by atoms with Gasteiger partial charge in [0.05, 0.1) is 5.00 Å². The minimum atomic E-state index is -0.417. The third-order valence-electron chi connectivity index (χ3n) is 2.58. The van der Waals surface area contributed by atoms with Crippen molar-refractivity contribution in [2.45, 2.75) is 32.2 Å². The van der Waals surface area contributed by atoms with Crippen LogP contribution >= 0.6 is 11.3 Å². The Bertz CT molecular complexity index is 351. The molecule has 0 fully saturated rings.